The Hall–Kier alpha value is -1.36. The number of carbonyl (C=O) groups is 2. The normalized spacial score (nSPS) is 20.8. The second-order valence-corrected chi connectivity index (χ2v) is 8.64. The Morgan fingerprint density at radius 2 is 1.80 bits per heavy atom. The Labute approximate surface area is 159 Å². The van der Waals surface area contributed by atoms with Crippen LogP contribution in [0.5, 0.6) is 0 Å². The molecule has 1 aromatic rings. The standard InChI is InChI=1S/C20H29BrN2O2/c1-5-20(3,4)14-6-8-15(9-7-14)22-18(24)19(25)23-16-10-11-17(21)13(2)12-16/h10-12,14-15H,5-9H2,1-4H3,(H,22,24)(H,23,25). The summed E-state index contributed by atoms with van der Waals surface area (Å²) in [7, 11) is 0. The molecular weight excluding hydrogens is 380 g/mol. The molecule has 0 radical (unpaired) electrons. The topological polar surface area (TPSA) is 58.2 Å². The summed E-state index contributed by atoms with van der Waals surface area (Å²) in [5.41, 5.74) is 2.00. The van der Waals surface area contributed by atoms with Gasteiger partial charge in [0.1, 0.15) is 0 Å². The van der Waals surface area contributed by atoms with Crippen LogP contribution in [-0.4, -0.2) is 17.9 Å². The Kier molecular flexibility index (Phi) is 6.66. The molecule has 0 spiro atoms. The quantitative estimate of drug-likeness (QED) is 0.702. The van der Waals surface area contributed by atoms with Gasteiger partial charge in [0.05, 0.1) is 0 Å². The SMILES string of the molecule is CCC(C)(C)C1CCC(NC(=O)C(=O)Nc2ccc(Br)c(C)c2)CC1. The van der Waals surface area contributed by atoms with Gasteiger partial charge >= 0.3 is 11.8 Å². The van der Waals surface area contributed by atoms with Crippen molar-refractivity contribution in [3.05, 3.63) is 28.2 Å². The van der Waals surface area contributed by atoms with Gasteiger partial charge in [0.15, 0.2) is 0 Å². The summed E-state index contributed by atoms with van der Waals surface area (Å²) < 4.78 is 0.974. The maximum atomic E-state index is 12.2. The molecule has 2 N–H and O–H groups in total. The van der Waals surface area contributed by atoms with E-state index in [0.29, 0.717) is 17.0 Å². The summed E-state index contributed by atoms with van der Waals surface area (Å²) in [5, 5.41) is 5.56. The smallest absolute Gasteiger partial charge is 0.313 e. The van der Waals surface area contributed by atoms with Gasteiger partial charge in [0.2, 0.25) is 0 Å². The van der Waals surface area contributed by atoms with Gasteiger partial charge in [-0.1, -0.05) is 43.1 Å². The molecule has 0 aromatic heterocycles. The van der Waals surface area contributed by atoms with Gasteiger partial charge in [-0.25, -0.2) is 0 Å². The monoisotopic (exact) mass is 408 g/mol. The number of aryl methyl sites for hydroxylation is 1. The Morgan fingerprint density at radius 3 is 2.36 bits per heavy atom. The van der Waals surface area contributed by atoms with Crippen LogP contribution in [0.4, 0.5) is 5.69 Å². The summed E-state index contributed by atoms with van der Waals surface area (Å²) in [4.78, 5) is 24.3. The highest BCUT2D eigenvalue weighted by Crippen LogP contribution is 2.40. The summed E-state index contributed by atoms with van der Waals surface area (Å²) in [6.07, 6.45) is 5.29. The van der Waals surface area contributed by atoms with Gasteiger partial charge in [-0.05, 0) is 67.7 Å². The third kappa shape index (κ3) is 5.30. The van der Waals surface area contributed by atoms with Crippen molar-refractivity contribution in [1.82, 2.24) is 5.32 Å². The fourth-order valence-corrected chi connectivity index (χ4v) is 3.72. The first-order chi connectivity index (χ1) is 11.7. The van der Waals surface area contributed by atoms with E-state index in [0.717, 1.165) is 35.7 Å². The van der Waals surface area contributed by atoms with Crippen LogP contribution < -0.4 is 10.6 Å². The molecule has 4 nitrogen and oxygen atoms in total. The van der Waals surface area contributed by atoms with Crippen molar-refractivity contribution in [2.45, 2.75) is 65.8 Å². The highest BCUT2D eigenvalue weighted by molar-refractivity contribution is 9.10. The average molecular weight is 409 g/mol. The number of halogens is 1. The molecule has 0 heterocycles. The molecule has 0 atom stereocenters. The fraction of sp³-hybridized carbons (Fsp3) is 0.600. The maximum absolute atomic E-state index is 12.2. The lowest BCUT2D eigenvalue weighted by atomic mass is 9.69. The van der Waals surface area contributed by atoms with Gasteiger partial charge in [0.25, 0.3) is 0 Å². The van der Waals surface area contributed by atoms with Gasteiger partial charge in [-0.3, -0.25) is 9.59 Å². The fourth-order valence-electron chi connectivity index (χ4n) is 3.47. The van der Waals surface area contributed by atoms with Gasteiger partial charge in [-0.15, -0.1) is 0 Å². The summed E-state index contributed by atoms with van der Waals surface area (Å²) in [6.45, 7) is 8.83. The lowest BCUT2D eigenvalue weighted by Gasteiger charge is -2.39. The number of benzene rings is 1. The molecule has 0 unspecified atom stereocenters. The van der Waals surface area contributed by atoms with Crippen LogP contribution in [0.15, 0.2) is 22.7 Å². The van der Waals surface area contributed by atoms with Crippen molar-refractivity contribution in [2.24, 2.45) is 11.3 Å². The van der Waals surface area contributed by atoms with Crippen LogP contribution >= 0.6 is 15.9 Å². The number of hydrogen-bond donors (Lipinski definition) is 2. The molecule has 1 aliphatic carbocycles. The molecule has 2 amide bonds. The summed E-state index contributed by atoms with van der Waals surface area (Å²) in [5.74, 6) is -0.443. The maximum Gasteiger partial charge on any atom is 0.313 e. The molecular formula is C20H29BrN2O2. The molecule has 1 aliphatic rings. The average Bonchev–Trinajstić information content (AvgIpc) is 2.58. The van der Waals surface area contributed by atoms with Gasteiger partial charge in [-0.2, -0.15) is 0 Å². The van der Waals surface area contributed by atoms with E-state index in [1.807, 2.05) is 19.1 Å². The Balaban J connectivity index is 1.84. The van der Waals surface area contributed by atoms with Crippen molar-refractivity contribution in [1.29, 1.82) is 0 Å². The third-order valence-electron chi connectivity index (χ3n) is 5.70. The van der Waals surface area contributed by atoms with E-state index < -0.39 is 11.8 Å². The summed E-state index contributed by atoms with van der Waals surface area (Å²) >= 11 is 3.42. The third-order valence-corrected chi connectivity index (χ3v) is 6.59. The van der Waals surface area contributed by atoms with Crippen molar-refractivity contribution >= 4 is 33.4 Å². The first kappa shape index (κ1) is 20.0. The second-order valence-electron chi connectivity index (χ2n) is 7.78. The number of nitrogens with one attached hydrogen (secondary N) is 2. The molecule has 25 heavy (non-hydrogen) atoms. The molecule has 0 aliphatic heterocycles. The van der Waals surface area contributed by atoms with Crippen molar-refractivity contribution in [2.75, 3.05) is 5.32 Å². The minimum absolute atomic E-state index is 0.105. The minimum atomic E-state index is -0.599. The predicted molar refractivity (Wildman–Crippen MR) is 105 cm³/mol. The molecule has 0 bridgehead atoms. The van der Waals surface area contributed by atoms with Crippen LogP contribution in [-0.2, 0) is 9.59 Å². The van der Waals surface area contributed by atoms with Crippen molar-refractivity contribution in [3.8, 4) is 0 Å². The molecule has 1 fully saturated rings. The Bertz CT molecular complexity index is 635. The summed E-state index contributed by atoms with van der Waals surface area (Å²) in [6, 6.07) is 5.58. The molecule has 138 valence electrons. The van der Waals surface area contributed by atoms with E-state index in [2.05, 4.69) is 47.3 Å². The van der Waals surface area contributed by atoms with E-state index in [-0.39, 0.29) is 6.04 Å². The van der Waals surface area contributed by atoms with Gasteiger partial charge in [0, 0.05) is 16.2 Å². The van der Waals surface area contributed by atoms with E-state index >= 15 is 0 Å². The zero-order chi connectivity index (χ0) is 18.6. The second kappa shape index (κ2) is 8.35. The van der Waals surface area contributed by atoms with Crippen LogP contribution in [0.3, 0.4) is 0 Å². The first-order valence-corrected chi connectivity index (χ1v) is 9.90. The molecule has 2 rings (SSSR count). The van der Waals surface area contributed by atoms with Crippen molar-refractivity contribution in [3.63, 3.8) is 0 Å². The number of rotatable bonds is 4. The van der Waals surface area contributed by atoms with E-state index in [1.165, 1.54) is 6.42 Å². The molecule has 5 heteroatoms. The largest absolute Gasteiger partial charge is 0.345 e. The van der Waals surface area contributed by atoms with E-state index in [9.17, 15) is 9.59 Å². The number of amides is 2. The highest BCUT2D eigenvalue weighted by Gasteiger charge is 2.32. The van der Waals surface area contributed by atoms with Gasteiger partial charge < -0.3 is 10.6 Å². The number of hydrogen-bond acceptors (Lipinski definition) is 2. The van der Waals surface area contributed by atoms with E-state index in [1.54, 1.807) is 6.07 Å². The Morgan fingerprint density at radius 1 is 1.16 bits per heavy atom. The lowest BCUT2D eigenvalue weighted by Crippen LogP contribution is -2.44. The molecule has 1 saturated carbocycles. The number of carbonyl (C=O) groups excluding carboxylic acids is 2. The van der Waals surface area contributed by atoms with Crippen LogP contribution in [0, 0.1) is 18.3 Å². The minimum Gasteiger partial charge on any atom is -0.345 e. The molecule has 0 saturated heterocycles. The number of anilines is 1. The van der Waals surface area contributed by atoms with Crippen LogP contribution in [0.25, 0.3) is 0 Å². The van der Waals surface area contributed by atoms with E-state index in [4.69, 9.17) is 0 Å². The predicted octanol–water partition coefficient (Wildman–Crippen LogP) is 4.81. The zero-order valence-electron chi connectivity index (χ0n) is 15.6. The van der Waals surface area contributed by atoms with Crippen LogP contribution in [0.2, 0.25) is 0 Å². The van der Waals surface area contributed by atoms with Crippen molar-refractivity contribution < 1.29 is 9.59 Å². The lowest BCUT2D eigenvalue weighted by molar-refractivity contribution is -0.136. The molecule has 1 aromatic carbocycles. The zero-order valence-corrected chi connectivity index (χ0v) is 17.2. The first-order valence-electron chi connectivity index (χ1n) is 9.11. The highest BCUT2D eigenvalue weighted by atomic mass is 79.9. The van der Waals surface area contributed by atoms with Crippen LogP contribution in [0.1, 0.15) is 58.4 Å².